The van der Waals surface area contributed by atoms with Crippen LogP contribution in [0.2, 0.25) is 0 Å². The van der Waals surface area contributed by atoms with Gasteiger partial charge >= 0.3 is 0 Å². The molecule has 4 rings (SSSR count). The van der Waals surface area contributed by atoms with Gasteiger partial charge < -0.3 is 25.0 Å². The first-order valence-corrected chi connectivity index (χ1v) is 11.8. The van der Waals surface area contributed by atoms with E-state index in [9.17, 15) is 14.7 Å². The van der Waals surface area contributed by atoms with Crippen LogP contribution in [-0.2, 0) is 4.79 Å². The number of para-hydroxylation sites is 2. The highest BCUT2D eigenvalue weighted by Crippen LogP contribution is 2.29. The van der Waals surface area contributed by atoms with Gasteiger partial charge in [-0.3, -0.25) is 9.59 Å². The summed E-state index contributed by atoms with van der Waals surface area (Å²) in [6.45, 7) is 1.70. The Hall–Kier alpha value is -3.13. The lowest BCUT2D eigenvalue weighted by molar-refractivity contribution is -0.133. The molecule has 33 heavy (non-hydrogen) atoms. The minimum Gasteiger partial charge on any atom is -0.491 e. The number of likely N-dealkylation sites (tertiary alicyclic amines) is 1. The van der Waals surface area contributed by atoms with Crippen molar-refractivity contribution >= 4 is 23.3 Å². The fourth-order valence-electron chi connectivity index (χ4n) is 4.47. The number of aliphatic hydroxyl groups excluding tert-OH is 1. The third-order valence-electron chi connectivity index (χ3n) is 6.28. The molecule has 8 heteroatoms. The number of nitrogens with zero attached hydrogens (tertiary/aromatic N) is 3. The molecule has 2 N–H and O–H groups in total. The average molecular weight is 453 g/mol. The van der Waals surface area contributed by atoms with E-state index in [1.807, 2.05) is 24.3 Å². The smallest absolute Gasteiger partial charge is 0.258 e. The molecular formula is C25H32N4O4. The van der Waals surface area contributed by atoms with Crippen LogP contribution in [0, 0.1) is 0 Å². The molecular weight excluding hydrogens is 420 g/mol. The van der Waals surface area contributed by atoms with Crippen molar-refractivity contribution in [1.29, 1.82) is 0 Å². The fraction of sp³-hybridized carbons (Fsp3) is 0.480. The van der Waals surface area contributed by atoms with E-state index in [4.69, 9.17) is 4.74 Å². The van der Waals surface area contributed by atoms with Gasteiger partial charge in [0.05, 0.1) is 30.5 Å². The monoisotopic (exact) mass is 452 g/mol. The zero-order valence-electron chi connectivity index (χ0n) is 18.9. The molecule has 1 fully saturated rings. The number of amides is 2. The quantitative estimate of drug-likeness (QED) is 0.743. The second-order valence-electron chi connectivity index (χ2n) is 8.58. The number of ether oxygens (including phenoxy) is 1. The van der Waals surface area contributed by atoms with Crippen LogP contribution in [0.1, 0.15) is 48.9 Å². The third kappa shape index (κ3) is 5.63. The molecule has 3 heterocycles. The molecule has 2 aromatic rings. The van der Waals surface area contributed by atoms with Crippen molar-refractivity contribution in [3.8, 4) is 5.75 Å². The standard InChI is InChI=1S/C25H32N4O4/c30-18-19-9-8-15-29(19)23(31)17-28-14-5-1-2-6-16-33-22-12-4-3-11-21(22)27-24-20(25(28)32)10-7-13-26-24/h3-4,7,10-13,19,30H,1-2,5-6,8-9,14-18H2,(H,26,27). The zero-order chi connectivity index (χ0) is 23.0. The number of aromatic nitrogens is 1. The van der Waals surface area contributed by atoms with Crippen LogP contribution in [0.5, 0.6) is 5.75 Å². The summed E-state index contributed by atoms with van der Waals surface area (Å²) in [7, 11) is 0. The fourth-order valence-corrected chi connectivity index (χ4v) is 4.47. The van der Waals surface area contributed by atoms with Crippen molar-refractivity contribution in [2.24, 2.45) is 0 Å². The van der Waals surface area contributed by atoms with Crippen LogP contribution >= 0.6 is 0 Å². The average Bonchev–Trinajstić information content (AvgIpc) is 3.32. The van der Waals surface area contributed by atoms with Gasteiger partial charge in [-0.25, -0.2) is 4.98 Å². The number of aliphatic hydroxyl groups is 1. The number of rotatable bonds is 3. The van der Waals surface area contributed by atoms with Crippen LogP contribution in [-0.4, -0.2) is 70.6 Å². The first kappa shape index (κ1) is 23.0. The Bertz CT molecular complexity index is 967. The van der Waals surface area contributed by atoms with E-state index < -0.39 is 0 Å². The van der Waals surface area contributed by atoms with E-state index in [0.717, 1.165) is 50.0 Å². The van der Waals surface area contributed by atoms with E-state index >= 15 is 0 Å². The Morgan fingerprint density at radius 3 is 2.82 bits per heavy atom. The molecule has 2 aliphatic rings. The summed E-state index contributed by atoms with van der Waals surface area (Å²) in [6, 6.07) is 10.9. The normalized spacial score (nSPS) is 19.7. The van der Waals surface area contributed by atoms with Gasteiger partial charge in [0, 0.05) is 19.3 Å². The van der Waals surface area contributed by atoms with Crippen molar-refractivity contribution < 1.29 is 19.4 Å². The van der Waals surface area contributed by atoms with Crippen LogP contribution in [0.4, 0.5) is 11.5 Å². The number of fused-ring (bicyclic) bond motifs is 2. The summed E-state index contributed by atoms with van der Waals surface area (Å²) in [6.07, 6.45) is 6.98. The van der Waals surface area contributed by atoms with E-state index in [1.165, 1.54) is 0 Å². The lowest BCUT2D eigenvalue weighted by Crippen LogP contribution is -2.46. The summed E-state index contributed by atoms with van der Waals surface area (Å²) < 4.78 is 5.97. The minimum atomic E-state index is -0.228. The number of hydrogen-bond acceptors (Lipinski definition) is 6. The molecule has 0 aliphatic carbocycles. The van der Waals surface area contributed by atoms with Crippen LogP contribution in [0.25, 0.3) is 0 Å². The molecule has 0 spiro atoms. The van der Waals surface area contributed by atoms with Gasteiger partial charge in [0.25, 0.3) is 5.91 Å². The van der Waals surface area contributed by atoms with Crippen LogP contribution in [0.15, 0.2) is 42.6 Å². The Kier molecular flexibility index (Phi) is 7.78. The second kappa shape index (κ2) is 11.1. The molecule has 1 aromatic heterocycles. The number of hydrogen-bond donors (Lipinski definition) is 2. The molecule has 1 unspecified atom stereocenters. The highest BCUT2D eigenvalue weighted by molar-refractivity contribution is 6.01. The Balaban J connectivity index is 1.61. The van der Waals surface area contributed by atoms with Gasteiger partial charge in [0.15, 0.2) is 0 Å². The number of anilines is 2. The lowest BCUT2D eigenvalue weighted by Gasteiger charge is -2.28. The Labute approximate surface area is 194 Å². The van der Waals surface area contributed by atoms with E-state index in [1.54, 1.807) is 28.1 Å². The number of pyridine rings is 1. The Morgan fingerprint density at radius 2 is 1.94 bits per heavy atom. The summed E-state index contributed by atoms with van der Waals surface area (Å²) in [5.41, 5.74) is 1.16. The van der Waals surface area contributed by atoms with Crippen molar-refractivity contribution in [2.45, 2.75) is 44.6 Å². The lowest BCUT2D eigenvalue weighted by atomic mass is 10.1. The zero-order valence-corrected chi connectivity index (χ0v) is 18.9. The van der Waals surface area contributed by atoms with Crippen molar-refractivity contribution in [3.63, 3.8) is 0 Å². The largest absolute Gasteiger partial charge is 0.491 e. The van der Waals surface area contributed by atoms with Crippen molar-refractivity contribution in [1.82, 2.24) is 14.8 Å². The summed E-state index contributed by atoms with van der Waals surface area (Å²) in [4.78, 5) is 34.4. The maximum absolute atomic E-state index is 13.6. The second-order valence-corrected chi connectivity index (χ2v) is 8.58. The molecule has 2 aliphatic heterocycles. The van der Waals surface area contributed by atoms with Gasteiger partial charge in [-0.05, 0) is 49.9 Å². The van der Waals surface area contributed by atoms with Gasteiger partial charge in [-0.2, -0.15) is 0 Å². The highest BCUT2D eigenvalue weighted by Gasteiger charge is 2.31. The van der Waals surface area contributed by atoms with E-state index in [-0.39, 0.29) is 31.0 Å². The predicted octanol–water partition coefficient (Wildman–Crippen LogP) is 3.20. The molecule has 1 saturated heterocycles. The molecule has 8 nitrogen and oxygen atoms in total. The van der Waals surface area contributed by atoms with Crippen LogP contribution < -0.4 is 10.1 Å². The number of benzene rings is 1. The topological polar surface area (TPSA) is 95.0 Å². The first-order valence-electron chi connectivity index (χ1n) is 11.8. The molecule has 1 atom stereocenters. The van der Waals surface area contributed by atoms with Crippen molar-refractivity contribution in [2.75, 3.05) is 38.2 Å². The summed E-state index contributed by atoms with van der Waals surface area (Å²) in [5.74, 6) is 0.810. The number of carbonyl (C=O) groups excluding carboxylic acids is 2. The molecule has 0 saturated carbocycles. The van der Waals surface area contributed by atoms with Gasteiger partial charge in [-0.1, -0.05) is 25.0 Å². The predicted molar refractivity (Wildman–Crippen MR) is 126 cm³/mol. The molecule has 176 valence electrons. The maximum atomic E-state index is 13.6. The summed E-state index contributed by atoms with van der Waals surface area (Å²) in [5, 5.41) is 12.9. The first-order chi connectivity index (χ1) is 16.2. The van der Waals surface area contributed by atoms with Crippen LogP contribution in [0.3, 0.4) is 0 Å². The number of carbonyl (C=O) groups is 2. The van der Waals surface area contributed by atoms with Gasteiger partial charge in [0.1, 0.15) is 18.1 Å². The van der Waals surface area contributed by atoms with Gasteiger partial charge in [-0.15, -0.1) is 0 Å². The number of nitrogens with one attached hydrogen (secondary N) is 1. The molecule has 0 radical (unpaired) electrons. The molecule has 2 amide bonds. The third-order valence-corrected chi connectivity index (χ3v) is 6.28. The molecule has 0 bridgehead atoms. The Morgan fingerprint density at radius 1 is 1.09 bits per heavy atom. The van der Waals surface area contributed by atoms with Crippen molar-refractivity contribution in [3.05, 3.63) is 48.2 Å². The maximum Gasteiger partial charge on any atom is 0.258 e. The van der Waals surface area contributed by atoms with E-state index in [0.29, 0.717) is 31.1 Å². The van der Waals surface area contributed by atoms with Gasteiger partial charge in [0.2, 0.25) is 5.91 Å². The van der Waals surface area contributed by atoms with E-state index in [2.05, 4.69) is 10.3 Å². The molecule has 1 aromatic carbocycles. The minimum absolute atomic E-state index is 0.00334. The summed E-state index contributed by atoms with van der Waals surface area (Å²) >= 11 is 0. The SMILES string of the molecule is O=C1c2cccnc2Nc2ccccc2OCCCCCCN1CC(=O)N1CCCC1CO. The highest BCUT2D eigenvalue weighted by atomic mass is 16.5.